The molecule has 4 unspecified atom stereocenters. The number of carbonyl (C=O) groups is 1. The second-order valence-corrected chi connectivity index (χ2v) is 6.22. The summed E-state index contributed by atoms with van der Waals surface area (Å²) in [6.07, 6.45) is 7.97. The Morgan fingerprint density at radius 1 is 1.36 bits per heavy atom. The molecule has 2 fully saturated rings. The van der Waals surface area contributed by atoms with Crippen LogP contribution in [0.25, 0.3) is 0 Å². The number of aliphatic hydroxyl groups is 1. The van der Waals surface area contributed by atoms with Gasteiger partial charge in [0.2, 0.25) is 0 Å². The van der Waals surface area contributed by atoms with E-state index in [2.05, 4.69) is 22.5 Å². The van der Waals surface area contributed by atoms with Crippen molar-refractivity contribution in [3.63, 3.8) is 0 Å². The van der Waals surface area contributed by atoms with Crippen LogP contribution in [0.2, 0.25) is 0 Å². The number of nitrogens with zero attached hydrogens (tertiary/aromatic N) is 2. The molecule has 4 atom stereocenters. The van der Waals surface area contributed by atoms with Crippen LogP contribution in [0.3, 0.4) is 0 Å². The molecule has 6 heteroatoms. The van der Waals surface area contributed by atoms with Gasteiger partial charge >= 0.3 is 0 Å². The third-order valence-corrected chi connectivity index (χ3v) is 4.42. The molecule has 3 aliphatic rings. The number of piperidine rings is 1. The van der Waals surface area contributed by atoms with Gasteiger partial charge in [0.15, 0.2) is 0 Å². The number of aliphatic hydroxyl groups excluding tert-OH is 1. The zero-order valence-corrected chi connectivity index (χ0v) is 13.0. The minimum atomic E-state index is -0.556. The Balaban J connectivity index is 1.78. The van der Waals surface area contributed by atoms with Gasteiger partial charge < -0.3 is 15.2 Å². The largest absolute Gasteiger partial charge is 0.391 e. The molecule has 1 amide bonds. The molecule has 6 nitrogen and oxygen atoms in total. The molecule has 0 aromatic carbocycles. The minimum absolute atomic E-state index is 0.0174. The van der Waals surface area contributed by atoms with E-state index in [4.69, 9.17) is 4.74 Å². The fourth-order valence-corrected chi connectivity index (χ4v) is 3.36. The van der Waals surface area contributed by atoms with Gasteiger partial charge in [-0.15, -0.1) is 0 Å². The highest BCUT2D eigenvalue weighted by atomic mass is 16.5. The van der Waals surface area contributed by atoms with Crippen LogP contribution in [0, 0.1) is 5.92 Å². The van der Waals surface area contributed by atoms with Gasteiger partial charge in [0.1, 0.15) is 6.10 Å². The van der Waals surface area contributed by atoms with Crippen LogP contribution in [-0.2, 0) is 9.53 Å². The maximum Gasteiger partial charge on any atom is 0.266 e. The molecule has 0 bridgehead atoms. The summed E-state index contributed by atoms with van der Waals surface area (Å²) < 4.78 is 5.69. The molecule has 2 N–H and O–H groups in total. The fraction of sp³-hybridized carbons (Fsp3) is 0.688. The zero-order chi connectivity index (χ0) is 15.5. The number of amides is 1. The van der Waals surface area contributed by atoms with Crippen molar-refractivity contribution in [3.8, 4) is 0 Å². The van der Waals surface area contributed by atoms with Gasteiger partial charge in [0.05, 0.1) is 18.8 Å². The van der Waals surface area contributed by atoms with E-state index in [1.165, 1.54) is 0 Å². The first kappa shape index (κ1) is 15.7. The Hall–Kier alpha value is -1.21. The molecule has 0 saturated carbocycles. The highest BCUT2D eigenvalue weighted by Gasteiger charge is 2.43. The zero-order valence-electron chi connectivity index (χ0n) is 13.0. The molecule has 1 aliphatic carbocycles. The van der Waals surface area contributed by atoms with E-state index in [0.717, 1.165) is 26.2 Å². The Bertz CT molecular complexity index is 458. The highest BCUT2D eigenvalue weighted by Crippen LogP contribution is 2.32. The van der Waals surface area contributed by atoms with E-state index in [9.17, 15) is 9.90 Å². The van der Waals surface area contributed by atoms with Gasteiger partial charge in [-0.1, -0.05) is 24.3 Å². The first-order valence-electron chi connectivity index (χ1n) is 8.10. The summed E-state index contributed by atoms with van der Waals surface area (Å²) in [6.45, 7) is 5.31. The first-order valence-corrected chi connectivity index (χ1v) is 8.10. The van der Waals surface area contributed by atoms with Crippen molar-refractivity contribution in [1.82, 2.24) is 15.3 Å². The Kier molecular flexibility index (Phi) is 4.93. The van der Waals surface area contributed by atoms with Gasteiger partial charge in [-0.2, -0.15) is 0 Å². The van der Waals surface area contributed by atoms with Crippen LogP contribution >= 0.6 is 0 Å². The molecule has 2 aliphatic heterocycles. The smallest absolute Gasteiger partial charge is 0.266 e. The monoisotopic (exact) mass is 307 g/mol. The van der Waals surface area contributed by atoms with Crippen LogP contribution in [-0.4, -0.2) is 72.1 Å². The van der Waals surface area contributed by atoms with Crippen LogP contribution in [0.15, 0.2) is 24.3 Å². The van der Waals surface area contributed by atoms with E-state index in [-0.39, 0.29) is 24.5 Å². The van der Waals surface area contributed by atoms with Crippen molar-refractivity contribution in [1.29, 1.82) is 0 Å². The molecular formula is C16H25N3O3. The lowest BCUT2D eigenvalue weighted by molar-refractivity contribution is -0.180. The quantitative estimate of drug-likeness (QED) is 0.760. The second-order valence-electron chi connectivity index (χ2n) is 6.22. The summed E-state index contributed by atoms with van der Waals surface area (Å²) in [4.78, 5) is 12.9. The molecule has 2 saturated heterocycles. The lowest BCUT2D eigenvalue weighted by Gasteiger charge is -2.48. The van der Waals surface area contributed by atoms with Crippen molar-refractivity contribution in [2.75, 3.05) is 32.8 Å². The van der Waals surface area contributed by atoms with Crippen molar-refractivity contribution >= 4 is 5.91 Å². The number of allylic oxidation sites excluding steroid dienone is 2. The summed E-state index contributed by atoms with van der Waals surface area (Å²) >= 11 is 0. The number of ether oxygens (including phenoxy) is 1. The Morgan fingerprint density at radius 2 is 2.09 bits per heavy atom. The molecule has 22 heavy (non-hydrogen) atoms. The van der Waals surface area contributed by atoms with Gasteiger partial charge in [0.25, 0.3) is 5.91 Å². The Morgan fingerprint density at radius 3 is 2.82 bits per heavy atom. The maximum atomic E-state index is 12.9. The van der Waals surface area contributed by atoms with Crippen molar-refractivity contribution in [2.24, 2.45) is 5.92 Å². The predicted octanol–water partition coefficient (Wildman–Crippen LogP) is -0.0843. The number of hydrazine groups is 1. The standard InChI is InChI=1S/C16H25N3O3/c1-12(20)11-22-15-10-13-4-2-3-5-14(13)19(16(15)21)18-8-6-17-7-9-18/h2-5,12-15,17,20H,6-11H2,1H3. The van der Waals surface area contributed by atoms with Crippen molar-refractivity contribution in [2.45, 2.75) is 31.6 Å². The van der Waals surface area contributed by atoms with Crippen LogP contribution in [0.4, 0.5) is 0 Å². The molecule has 3 rings (SSSR count). The maximum absolute atomic E-state index is 12.9. The summed E-state index contributed by atoms with van der Waals surface area (Å²) in [6, 6.07) is 0.0852. The van der Waals surface area contributed by atoms with E-state index >= 15 is 0 Å². The third-order valence-electron chi connectivity index (χ3n) is 4.42. The average molecular weight is 307 g/mol. The average Bonchev–Trinajstić information content (AvgIpc) is 2.53. The number of fused-ring (bicyclic) bond motifs is 1. The lowest BCUT2D eigenvalue weighted by Crippen LogP contribution is -2.64. The van der Waals surface area contributed by atoms with Crippen molar-refractivity contribution in [3.05, 3.63) is 24.3 Å². The summed E-state index contributed by atoms with van der Waals surface area (Å²) in [5.41, 5.74) is 0. The third kappa shape index (κ3) is 3.25. The van der Waals surface area contributed by atoms with Crippen molar-refractivity contribution < 1.29 is 14.6 Å². The minimum Gasteiger partial charge on any atom is -0.391 e. The number of hydrogen-bond acceptors (Lipinski definition) is 5. The number of carbonyl (C=O) groups excluding carboxylic acids is 1. The highest BCUT2D eigenvalue weighted by molar-refractivity contribution is 5.82. The van der Waals surface area contributed by atoms with E-state index < -0.39 is 12.2 Å². The van der Waals surface area contributed by atoms with Crippen LogP contribution in [0.5, 0.6) is 0 Å². The lowest BCUT2D eigenvalue weighted by atomic mass is 9.85. The summed E-state index contributed by atoms with van der Waals surface area (Å²) in [7, 11) is 0. The number of rotatable bonds is 4. The Labute approximate surface area is 131 Å². The first-order chi connectivity index (χ1) is 10.7. The van der Waals surface area contributed by atoms with Gasteiger partial charge in [0, 0.05) is 32.1 Å². The molecule has 0 aromatic rings. The van der Waals surface area contributed by atoms with Crippen LogP contribution in [0.1, 0.15) is 13.3 Å². The summed E-state index contributed by atoms with van der Waals surface area (Å²) in [5.74, 6) is 0.292. The van der Waals surface area contributed by atoms with E-state index in [1.54, 1.807) is 6.92 Å². The molecule has 0 radical (unpaired) electrons. The van der Waals surface area contributed by atoms with E-state index in [0.29, 0.717) is 6.42 Å². The molecule has 0 spiro atoms. The summed E-state index contributed by atoms with van der Waals surface area (Å²) in [5, 5.41) is 16.8. The normalized spacial score (nSPS) is 33.8. The number of nitrogens with one attached hydrogen (secondary N) is 1. The predicted molar refractivity (Wildman–Crippen MR) is 82.9 cm³/mol. The molecule has 122 valence electrons. The fourth-order valence-electron chi connectivity index (χ4n) is 3.36. The SMILES string of the molecule is CC(O)COC1CC2C=CC=CC2N(N2CCNCC2)C1=O. The van der Waals surface area contributed by atoms with Gasteiger partial charge in [-0.25, -0.2) is 5.01 Å². The second kappa shape index (κ2) is 6.91. The molecule has 2 heterocycles. The number of hydrogen-bond donors (Lipinski definition) is 2. The topological polar surface area (TPSA) is 65.0 Å². The molecule has 0 aromatic heterocycles. The molecular weight excluding hydrogens is 282 g/mol. The van der Waals surface area contributed by atoms with Gasteiger partial charge in [-0.05, 0) is 13.3 Å². The van der Waals surface area contributed by atoms with E-state index in [1.807, 2.05) is 17.2 Å². The number of piperazine rings is 1. The van der Waals surface area contributed by atoms with Gasteiger partial charge in [-0.3, -0.25) is 9.80 Å². The van der Waals surface area contributed by atoms with Crippen LogP contribution < -0.4 is 5.32 Å².